The van der Waals surface area contributed by atoms with Gasteiger partial charge in [-0.15, -0.1) is 0 Å². The van der Waals surface area contributed by atoms with Crippen molar-refractivity contribution in [2.24, 2.45) is 0 Å². The maximum atomic E-state index is 10.7. The number of hydrogen-bond acceptors (Lipinski definition) is 3. The summed E-state index contributed by atoms with van der Waals surface area (Å²) in [7, 11) is 0. The highest BCUT2D eigenvalue weighted by atomic mass is 16.5. The summed E-state index contributed by atoms with van der Waals surface area (Å²) in [6.07, 6.45) is 0. The molecular formula is C13H10N2O3. The highest BCUT2D eigenvalue weighted by molar-refractivity contribution is 5.88. The summed E-state index contributed by atoms with van der Waals surface area (Å²) in [6.45, 7) is 2.02. The third kappa shape index (κ3) is 1.66. The number of fused-ring (bicyclic) bond motifs is 1. The lowest BCUT2D eigenvalue weighted by atomic mass is 10.2. The second-order valence-electron chi connectivity index (χ2n) is 4.16. The van der Waals surface area contributed by atoms with Crippen molar-refractivity contribution in [1.82, 2.24) is 10.1 Å². The number of aromatic carboxylic acids is 1. The van der Waals surface area contributed by atoms with E-state index in [-0.39, 0.29) is 5.76 Å². The zero-order valence-corrected chi connectivity index (χ0v) is 9.60. The lowest BCUT2D eigenvalue weighted by molar-refractivity contribution is 0.0652. The topological polar surface area (TPSA) is 79.1 Å². The van der Waals surface area contributed by atoms with Gasteiger partial charge in [0, 0.05) is 17.0 Å². The summed E-state index contributed by atoms with van der Waals surface area (Å²) in [5.41, 5.74) is 3.38. The molecule has 0 saturated heterocycles. The lowest BCUT2D eigenvalue weighted by Gasteiger charge is -1.90. The van der Waals surface area contributed by atoms with Crippen molar-refractivity contribution >= 4 is 16.9 Å². The summed E-state index contributed by atoms with van der Waals surface area (Å²) in [6, 6.07) is 9.36. The van der Waals surface area contributed by atoms with Crippen molar-refractivity contribution in [3.63, 3.8) is 0 Å². The number of aryl methyl sites for hydroxylation is 1. The highest BCUT2D eigenvalue weighted by Crippen LogP contribution is 2.24. The minimum atomic E-state index is -1.12. The number of aromatic nitrogens is 2. The standard InChI is InChI=1S/C13H10N2O3/c1-7-2-3-9-8(4-7)5-10(14-9)11-6-12(13(16)17)18-15-11/h2-6,14H,1H3,(H,16,17). The molecule has 3 rings (SSSR count). The quantitative estimate of drug-likeness (QED) is 0.724. The van der Waals surface area contributed by atoms with Crippen LogP contribution in [-0.2, 0) is 0 Å². The molecule has 2 aromatic heterocycles. The van der Waals surface area contributed by atoms with E-state index in [4.69, 9.17) is 9.63 Å². The summed E-state index contributed by atoms with van der Waals surface area (Å²) in [5, 5.41) is 13.6. The number of nitrogens with one attached hydrogen (secondary N) is 1. The van der Waals surface area contributed by atoms with Crippen molar-refractivity contribution in [2.45, 2.75) is 6.92 Å². The molecule has 1 aromatic carbocycles. The number of benzene rings is 1. The molecule has 0 saturated carbocycles. The molecule has 2 N–H and O–H groups in total. The van der Waals surface area contributed by atoms with Gasteiger partial charge in [-0.05, 0) is 25.1 Å². The first-order valence-corrected chi connectivity index (χ1v) is 5.43. The molecule has 0 aliphatic heterocycles. The summed E-state index contributed by atoms with van der Waals surface area (Å²) in [5.74, 6) is -1.29. The minimum absolute atomic E-state index is 0.167. The highest BCUT2D eigenvalue weighted by Gasteiger charge is 2.13. The van der Waals surface area contributed by atoms with Gasteiger partial charge >= 0.3 is 5.97 Å². The van der Waals surface area contributed by atoms with E-state index < -0.39 is 5.97 Å². The lowest BCUT2D eigenvalue weighted by Crippen LogP contribution is -1.91. The predicted molar refractivity (Wildman–Crippen MR) is 65.5 cm³/mol. The van der Waals surface area contributed by atoms with Crippen LogP contribution in [0.5, 0.6) is 0 Å². The molecule has 0 amide bonds. The number of carbonyl (C=O) groups is 1. The smallest absolute Gasteiger partial charge is 0.374 e. The molecule has 3 aromatic rings. The first-order chi connectivity index (χ1) is 8.63. The van der Waals surface area contributed by atoms with E-state index >= 15 is 0 Å². The van der Waals surface area contributed by atoms with Crippen LogP contribution in [0.15, 0.2) is 34.9 Å². The van der Waals surface area contributed by atoms with E-state index in [2.05, 4.69) is 10.1 Å². The average molecular weight is 242 g/mol. The van der Waals surface area contributed by atoms with E-state index in [1.54, 1.807) is 0 Å². The van der Waals surface area contributed by atoms with Gasteiger partial charge in [-0.2, -0.15) is 0 Å². The van der Waals surface area contributed by atoms with Gasteiger partial charge < -0.3 is 14.6 Å². The molecule has 5 heteroatoms. The number of carboxylic acid groups (broad SMARTS) is 1. The molecule has 0 aliphatic rings. The first-order valence-electron chi connectivity index (χ1n) is 5.43. The predicted octanol–water partition coefficient (Wildman–Crippen LogP) is 2.83. The van der Waals surface area contributed by atoms with Crippen molar-refractivity contribution in [3.8, 4) is 11.4 Å². The Hall–Kier alpha value is -2.56. The fourth-order valence-electron chi connectivity index (χ4n) is 1.89. The van der Waals surface area contributed by atoms with Gasteiger partial charge in [0.05, 0.1) is 5.69 Å². The van der Waals surface area contributed by atoms with E-state index in [1.165, 1.54) is 11.6 Å². The van der Waals surface area contributed by atoms with Gasteiger partial charge in [0.1, 0.15) is 5.69 Å². The van der Waals surface area contributed by atoms with E-state index in [1.807, 2.05) is 31.2 Å². The summed E-state index contributed by atoms with van der Waals surface area (Å²) < 4.78 is 4.73. The molecule has 0 spiro atoms. The van der Waals surface area contributed by atoms with Gasteiger partial charge in [0.2, 0.25) is 5.76 Å². The Morgan fingerprint density at radius 1 is 1.33 bits per heavy atom. The fourth-order valence-corrected chi connectivity index (χ4v) is 1.89. The molecule has 18 heavy (non-hydrogen) atoms. The average Bonchev–Trinajstić information content (AvgIpc) is 2.93. The van der Waals surface area contributed by atoms with Gasteiger partial charge in [0.15, 0.2) is 0 Å². The second-order valence-corrected chi connectivity index (χ2v) is 4.16. The fraction of sp³-hybridized carbons (Fsp3) is 0.0769. The molecule has 2 heterocycles. The number of nitrogens with zero attached hydrogens (tertiary/aromatic N) is 1. The van der Waals surface area contributed by atoms with Crippen LogP contribution >= 0.6 is 0 Å². The molecule has 0 aliphatic carbocycles. The van der Waals surface area contributed by atoms with Gasteiger partial charge in [-0.1, -0.05) is 16.8 Å². The molecule has 90 valence electrons. The largest absolute Gasteiger partial charge is 0.475 e. The van der Waals surface area contributed by atoms with E-state index in [0.717, 1.165) is 16.6 Å². The second kappa shape index (κ2) is 3.73. The van der Waals surface area contributed by atoms with Gasteiger partial charge in [-0.25, -0.2) is 4.79 Å². The van der Waals surface area contributed by atoms with Crippen LogP contribution in [0.1, 0.15) is 16.1 Å². The van der Waals surface area contributed by atoms with E-state index in [9.17, 15) is 4.79 Å². The number of carboxylic acids is 1. The molecular weight excluding hydrogens is 232 g/mol. The number of hydrogen-bond donors (Lipinski definition) is 2. The minimum Gasteiger partial charge on any atom is -0.475 e. The van der Waals surface area contributed by atoms with Crippen LogP contribution in [0.2, 0.25) is 0 Å². The molecule has 0 fully saturated rings. The van der Waals surface area contributed by atoms with E-state index in [0.29, 0.717) is 5.69 Å². The summed E-state index contributed by atoms with van der Waals surface area (Å²) in [4.78, 5) is 13.9. The normalized spacial score (nSPS) is 10.9. The maximum Gasteiger partial charge on any atom is 0.374 e. The zero-order valence-electron chi connectivity index (χ0n) is 9.60. The Labute approximate surface area is 102 Å². The van der Waals surface area contributed by atoms with Crippen molar-refractivity contribution in [1.29, 1.82) is 0 Å². The Morgan fingerprint density at radius 3 is 2.89 bits per heavy atom. The molecule has 0 bridgehead atoms. The van der Waals surface area contributed by atoms with Crippen LogP contribution in [0.3, 0.4) is 0 Å². The molecule has 0 radical (unpaired) electrons. The van der Waals surface area contributed by atoms with Crippen molar-refractivity contribution < 1.29 is 14.4 Å². The van der Waals surface area contributed by atoms with Gasteiger partial charge in [-0.3, -0.25) is 0 Å². The monoisotopic (exact) mass is 242 g/mol. The van der Waals surface area contributed by atoms with Crippen LogP contribution in [-0.4, -0.2) is 21.2 Å². The first kappa shape index (κ1) is 10.6. The SMILES string of the molecule is Cc1ccc2[nH]c(-c3cc(C(=O)O)on3)cc2c1. The van der Waals surface area contributed by atoms with Crippen LogP contribution in [0.25, 0.3) is 22.3 Å². The van der Waals surface area contributed by atoms with Crippen LogP contribution in [0, 0.1) is 6.92 Å². The molecule has 0 atom stereocenters. The van der Waals surface area contributed by atoms with Crippen molar-refractivity contribution in [3.05, 3.63) is 41.7 Å². The third-order valence-corrected chi connectivity index (χ3v) is 2.77. The molecule has 0 unspecified atom stereocenters. The van der Waals surface area contributed by atoms with Crippen molar-refractivity contribution in [2.75, 3.05) is 0 Å². The van der Waals surface area contributed by atoms with Gasteiger partial charge in [0.25, 0.3) is 0 Å². The Kier molecular flexibility index (Phi) is 2.19. The maximum absolute atomic E-state index is 10.7. The van der Waals surface area contributed by atoms with Crippen LogP contribution in [0.4, 0.5) is 0 Å². The van der Waals surface area contributed by atoms with Crippen LogP contribution < -0.4 is 0 Å². The Bertz CT molecular complexity index is 740. The number of aromatic amines is 1. The zero-order chi connectivity index (χ0) is 12.7. The summed E-state index contributed by atoms with van der Waals surface area (Å²) >= 11 is 0. The Morgan fingerprint density at radius 2 is 2.17 bits per heavy atom. The number of H-pyrrole nitrogens is 1. The third-order valence-electron chi connectivity index (χ3n) is 2.77. The Balaban J connectivity index is 2.10. The number of rotatable bonds is 2. The molecule has 5 nitrogen and oxygen atoms in total.